The molecule has 1 heterocycles. The molecule has 0 aliphatic heterocycles. The minimum atomic E-state index is -0.254. The van der Waals surface area contributed by atoms with Crippen molar-refractivity contribution in [2.24, 2.45) is 0 Å². The van der Waals surface area contributed by atoms with E-state index >= 15 is 0 Å². The summed E-state index contributed by atoms with van der Waals surface area (Å²) >= 11 is 0. The number of nitrogens with zero attached hydrogens (tertiary/aromatic N) is 2. The molecule has 1 aromatic carbocycles. The van der Waals surface area contributed by atoms with Gasteiger partial charge in [0, 0.05) is 25.5 Å². The molecular formula is C15H14N4O. The highest BCUT2D eigenvalue weighted by Crippen LogP contribution is 2.03. The highest BCUT2D eigenvalue weighted by molar-refractivity contribution is 5.73. The van der Waals surface area contributed by atoms with E-state index < -0.39 is 0 Å². The minimum Gasteiger partial charge on any atom is -0.334 e. The summed E-state index contributed by atoms with van der Waals surface area (Å²) in [5.41, 5.74) is 2.41. The van der Waals surface area contributed by atoms with Crippen molar-refractivity contribution in [3.8, 4) is 6.07 Å². The molecular weight excluding hydrogens is 252 g/mol. The molecule has 0 radical (unpaired) electrons. The van der Waals surface area contributed by atoms with Crippen molar-refractivity contribution in [3.63, 3.8) is 0 Å². The summed E-state index contributed by atoms with van der Waals surface area (Å²) in [5.74, 6) is 0. The fraction of sp³-hybridized carbons (Fsp3) is 0.133. The third-order valence-corrected chi connectivity index (χ3v) is 2.69. The first kappa shape index (κ1) is 13.6. The van der Waals surface area contributed by atoms with Gasteiger partial charge in [-0.1, -0.05) is 18.2 Å². The summed E-state index contributed by atoms with van der Waals surface area (Å²) in [6.07, 6.45) is 3.39. The quantitative estimate of drug-likeness (QED) is 0.887. The minimum absolute atomic E-state index is 0.254. The largest absolute Gasteiger partial charge is 0.334 e. The zero-order valence-corrected chi connectivity index (χ0v) is 10.8. The van der Waals surface area contributed by atoms with E-state index in [1.54, 1.807) is 30.6 Å². The van der Waals surface area contributed by atoms with Gasteiger partial charge in [-0.25, -0.2) is 4.79 Å². The number of urea groups is 1. The van der Waals surface area contributed by atoms with Crippen molar-refractivity contribution in [1.82, 2.24) is 15.6 Å². The van der Waals surface area contributed by atoms with Gasteiger partial charge >= 0.3 is 6.03 Å². The molecule has 5 heteroatoms. The van der Waals surface area contributed by atoms with Crippen LogP contribution in [0.5, 0.6) is 0 Å². The van der Waals surface area contributed by atoms with E-state index in [9.17, 15) is 4.79 Å². The van der Waals surface area contributed by atoms with Crippen LogP contribution >= 0.6 is 0 Å². The number of benzene rings is 1. The molecule has 0 bridgehead atoms. The van der Waals surface area contributed by atoms with Gasteiger partial charge in [0.1, 0.15) is 0 Å². The Kier molecular flexibility index (Phi) is 4.68. The molecule has 1 aromatic heterocycles. The van der Waals surface area contributed by atoms with Crippen molar-refractivity contribution in [2.45, 2.75) is 13.1 Å². The number of rotatable bonds is 4. The van der Waals surface area contributed by atoms with E-state index in [0.717, 1.165) is 11.1 Å². The van der Waals surface area contributed by atoms with Gasteiger partial charge < -0.3 is 10.6 Å². The Morgan fingerprint density at radius 2 is 1.90 bits per heavy atom. The molecule has 0 fully saturated rings. The monoisotopic (exact) mass is 266 g/mol. The van der Waals surface area contributed by atoms with Crippen LogP contribution in [0.4, 0.5) is 4.79 Å². The molecule has 0 aliphatic carbocycles. The summed E-state index contributed by atoms with van der Waals surface area (Å²) in [4.78, 5) is 15.6. The van der Waals surface area contributed by atoms with Gasteiger partial charge in [0.15, 0.2) is 0 Å². The molecule has 5 nitrogen and oxygen atoms in total. The maximum atomic E-state index is 11.6. The van der Waals surface area contributed by atoms with Crippen LogP contribution in [0.2, 0.25) is 0 Å². The molecule has 0 spiro atoms. The van der Waals surface area contributed by atoms with E-state index in [4.69, 9.17) is 5.26 Å². The number of nitrogens with one attached hydrogen (secondary N) is 2. The predicted molar refractivity (Wildman–Crippen MR) is 74.5 cm³/mol. The maximum Gasteiger partial charge on any atom is 0.315 e. The molecule has 100 valence electrons. The number of nitriles is 1. The number of pyridine rings is 1. The molecule has 0 saturated heterocycles. The van der Waals surface area contributed by atoms with E-state index in [1.165, 1.54) is 0 Å². The third kappa shape index (κ3) is 4.10. The highest BCUT2D eigenvalue weighted by Gasteiger charge is 2.01. The Hall–Kier alpha value is -2.87. The number of carbonyl (C=O) groups is 1. The Morgan fingerprint density at radius 3 is 2.60 bits per heavy atom. The molecule has 2 rings (SSSR count). The van der Waals surface area contributed by atoms with E-state index in [0.29, 0.717) is 18.7 Å². The van der Waals surface area contributed by atoms with Gasteiger partial charge in [0.2, 0.25) is 0 Å². The summed E-state index contributed by atoms with van der Waals surface area (Å²) < 4.78 is 0. The molecule has 0 unspecified atom stereocenters. The first-order valence-electron chi connectivity index (χ1n) is 6.17. The predicted octanol–water partition coefficient (Wildman–Crippen LogP) is 1.95. The Morgan fingerprint density at radius 1 is 1.15 bits per heavy atom. The van der Waals surface area contributed by atoms with Crippen molar-refractivity contribution >= 4 is 6.03 Å². The normalized spacial score (nSPS) is 9.55. The van der Waals surface area contributed by atoms with Crippen LogP contribution in [0.15, 0.2) is 48.8 Å². The van der Waals surface area contributed by atoms with Crippen LogP contribution in [0.1, 0.15) is 16.7 Å². The van der Waals surface area contributed by atoms with Crippen molar-refractivity contribution in [1.29, 1.82) is 5.26 Å². The van der Waals surface area contributed by atoms with E-state index in [2.05, 4.69) is 21.7 Å². The molecule has 20 heavy (non-hydrogen) atoms. The fourth-order valence-electron chi connectivity index (χ4n) is 1.68. The van der Waals surface area contributed by atoms with Crippen LogP contribution in [0, 0.1) is 11.3 Å². The summed E-state index contributed by atoms with van der Waals surface area (Å²) in [5, 5.41) is 14.3. The third-order valence-electron chi connectivity index (χ3n) is 2.69. The van der Waals surface area contributed by atoms with Crippen molar-refractivity contribution < 1.29 is 4.79 Å². The smallest absolute Gasteiger partial charge is 0.315 e. The molecule has 0 atom stereocenters. The van der Waals surface area contributed by atoms with Gasteiger partial charge in [-0.15, -0.1) is 0 Å². The Bertz CT molecular complexity index is 619. The second-order valence-corrected chi connectivity index (χ2v) is 4.21. The first-order valence-corrected chi connectivity index (χ1v) is 6.17. The molecule has 2 N–H and O–H groups in total. The number of hydrogen-bond donors (Lipinski definition) is 2. The standard InChI is InChI=1S/C15H14N4O/c16-8-12-3-1-4-13(7-12)10-18-15(20)19-11-14-5-2-6-17-9-14/h1-7,9H,10-11H2,(H2,18,19,20). The average molecular weight is 266 g/mol. The van der Waals surface area contributed by atoms with Crippen molar-refractivity contribution in [3.05, 3.63) is 65.5 Å². The van der Waals surface area contributed by atoms with Gasteiger partial charge in [0.05, 0.1) is 11.6 Å². The van der Waals surface area contributed by atoms with E-state index in [1.807, 2.05) is 18.2 Å². The molecule has 2 aromatic rings. The zero-order valence-electron chi connectivity index (χ0n) is 10.8. The lowest BCUT2D eigenvalue weighted by Gasteiger charge is -2.07. The lowest BCUT2D eigenvalue weighted by molar-refractivity contribution is 0.240. The number of carbonyl (C=O) groups excluding carboxylic acids is 1. The fourth-order valence-corrected chi connectivity index (χ4v) is 1.68. The van der Waals surface area contributed by atoms with Gasteiger partial charge in [0.25, 0.3) is 0 Å². The van der Waals surface area contributed by atoms with Gasteiger partial charge in [-0.2, -0.15) is 5.26 Å². The molecule has 0 aliphatic rings. The van der Waals surface area contributed by atoms with Gasteiger partial charge in [-0.05, 0) is 29.3 Å². The van der Waals surface area contributed by atoms with Gasteiger partial charge in [-0.3, -0.25) is 4.98 Å². The molecule has 0 saturated carbocycles. The first-order chi connectivity index (χ1) is 9.78. The zero-order chi connectivity index (χ0) is 14.2. The topological polar surface area (TPSA) is 77.8 Å². The maximum absolute atomic E-state index is 11.6. The lowest BCUT2D eigenvalue weighted by Crippen LogP contribution is -2.34. The van der Waals surface area contributed by atoms with Crippen LogP contribution in [-0.4, -0.2) is 11.0 Å². The highest BCUT2D eigenvalue weighted by atomic mass is 16.2. The van der Waals surface area contributed by atoms with E-state index in [-0.39, 0.29) is 6.03 Å². The van der Waals surface area contributed by atoms with Crippen LogP contribution in [-0.2, 0) is 13.1 Å². The second-order valence-electron chi connectivity index (χ2n) is 4.21. The van der Waals surface area contributed by atoms with Crippen LogP contribution in [0.25, 0.3) is 0 Å². The lowest BCUT2D eigenvalue weighted by atomic mass is 10.1. The Balaban J connectivity index is 1.79. The summed E-state index contributed by atoms with van der Waals surface area (Å²) in [6, 6.07) is 12.7. The average Bonchev–Trinajstić information content (AvgIpc) is 2.52. The number of hydrogen-bond acceptors (Lipinski definition) is 3. The van der Waals surface area contributed by atoms with Crippen LogP contribution < -0.4 is 10.6 Å². The Labute approximate surface area is 117 Å². The summed E-state index contributed by atoms with van der Waals surface area (Å²) in [6.45, 7) is 0.812. The summed E-state index contributed by atoms with van der Waals surface area (Å²) in [7, 11) is 0. The van der Waals surface area contributed by atoms with Crippen LogP contribution in [0.3, 0.4) is 0 Å². The van der Waals surface area contributed by atoms with Crippen molar-refractivity contribution in [2.75, 3.05) is 0 Å². The second kappa shape index (κ2) is 6.90. The number of aromatic nitrogens is 1. The number of amides is 2. The molecule has 2 amide bonds. The SMILES string of the molecule is N#Cc1cccc(CNC(=O)NCc2cccnc2)c1.